The predicted molar refractivity (Wildman–Crippen MR) is 115 cm³/mol. The zero-order valence-corrected chi connectivity index (χ0v) is 17.0. The van der Waals surface area contributed by atoms with Crippen LogP contribution in [0.25, 0.3) is 10.2 Å². The molecule has 154 valence electrons. The number of nitrogens with one attached hydrogen (secondary N) is 3. The van der Waals surface area contributed by atoms with Gasteiger partial charge in [-0.05, 0) is 43.7 Å². The van der Waals surface area contributed by atoms with E-state index in [2.05, 4.69) is 20.9 Å². The van der Waals surface area contributed by atoms with E-state index in [1.807, 2.05) is 25.1 Å². The molecule has 0 aliphatic carbocycles. The van der Waals surface area contributed by atoms with E-state index in [-0.39, 0.29) is 30.6 Å². The molecule has 0 fully saturated rings. The number of rotatable bonds is 6. The van der Waals surface area contributed by atoms with Crippen LogP contribution in [0.4, 0.5) is 10.8 Å². The number of carbonyl (C=O) groups is 3. The van der Waals surface area contributed by atoms with Crippen molar-refractivity contribution in [1.82, 2.24) is 10.3 Å². The Kier molecular flexibility index (Phi) is 5.62. The van der Waals surface area contributed by atoms with Crippen molar-refractivity contribution in [2.75, 3.05) is 17.2 Å². The van der Waals surface area contributed by atoms with Gasteiger partial charge in [0, 0.05) is 6.42 Å². The summed E-state index contributed by atoms with van der Waals surface area (Å²) in [7, 11) is 0. The number of aromatic nitrogens is 1. The number of benzene rings is 2. The van der Waals surface area contributed by atoms with Gasteiger partial charge in [-0.15, -0.1) is 0 Å². The van der Waals surface area contributed by atoms with Crippen LogP contribution in [0.2, 0.25) is 0 Å². The van der Waals surface area contributed by atoms with Crippen LogP contribution in [0.5, 0.6) is 5.75 Å². The highest BCUT2D eigenvalue weighted by molar-refractivity contribution is 7.22. The molecular weight excluding hydrogens is 404 g/mol. The minimum absolute atomic E-state index is 0.0643. The molecule has 2 aromatic carbocycles. The second kappa shape index (κ2) is 8.50. The number of nitrogens with zero attached hydrogens (tertiary/aromatic N) is 1. The molecular formula is C21H20N4O4S. The topological polar surface area (TPSA) is 109 Å². The maximum absolute atomic E-state index is 12.4. The molecule has 1 aromatic heterocycles. The van der Waals surface area contributed by atoms with Gasteiger partial charge in [0.15, 0.2) is 5.13 Å². The van der Waals surface area contributed by atoms with Crippen LogP contribution in [0.1, 0.15) is 30.1 Å². The van der Waals surface area contributed by atoms with Gasteiger partial charge in [-0.1, -0.05) is 23.5 Å². The van der Waals surface area contributed by atoms with E-state index in [1.54, 1.807) is 24.3 Å². The molecule has 3 amide bonds. The summed E-state index contributed by atoms with van der Waals surface area (Å²) in [6.07, 6.45) is 0.242. The SMILES string of the molecule is CCOc1ccc2nc(NC(=O)CCC3NC(=O)c4ccccc4NC3=O)sc2c1. The average molecular weight is 424 g/mol. The van der Waals surface area contributed by atoms with Gasteiger partial charge in [-0.25, -0.2) is 4.98 Å². The lowest BCUT2D eigenvalue weighted by Crippen LogP contribution is -2.41. The number of anilines is 2. The quantitative estimate of drug-likeness (QED) is 0.563. The first-order valence-corrected chi connectivity index (χ1v) is 10.4. The molecule has 1 atom stereocenters. The Morgan fingerprint density at radius 2 is 2.07 bits per heavy atom. The van der Waals surface area contributed by atoms with Crippen molar-refractivity contribution < 1.29 is 19.1 Å². The number of ether oxygens (including phenoxy) is 1. The fourth-order valence-corrected chi connectivity index (χ4v) is 4.10. The van der Waals surface area contributed by atoms with Gasteiger partial charge < -0.3 is 20.7 Å². The van der Waals surface area contributed by atoms with Crippen molar-refractivity contribution in [1.29, 1.82) is 0 Å². The molecule has 9 heteroatoms. The summed E-state index contributed by atoms with van der Waals surface area (Å²) in [6.45, 7) is 2.49. The molecule has 0 saturated carbocycles. The number of thiazole rings is 1. The molecule has 3 aromatic rings. The van der Waals surface area contributed by atoms with E-state index in [4.69, 9.17) is 4.74 Å². The molecule has 1 unspecified atom stereocenters. The molecule has 30 heavy (non-hydrogen) atoms. The van der Waals surface area contributed by atoms with Gasteiger partial charge in [-0.2, -0.15) is 0 Å². The lowest BCUT2D eigenvalue weighted by Gasteiger charge is -2.13. The highest BCUT2D eigenvalue weighted by Crippen LogP contribution is 2.29. The molecule has 2 heterocycles. The molecule has 0 spiro atoms. The molecule has 0 bridgehead atoms. The van der Waals surface area contributed by atoms with Gasteiger partial charge in [0.1, 0.15) is 11.8 Å². The lowest BCUT2D eigenvalue weighted by atomic mass is 10.1. The summed E-state index contributed by atoms with van der Waals surface area (Å²) in [5.74, 6) is -0.208. The van der Waals surface area contributed by atoms with Crippen LogP contribution in [0.3, 0.4) is 0 Å². The Labute approximate surface area is 176 Å². The van der Waals surface area contributed by atoms with Gasteiger partial charge in [0.05, 0.1) is 28.1 Å². The van der Waals surface area contributed by atoms with Crippen molar-refractivity contribution >= 4 is 50.1 Å². The van der Waals surface area contributed by atoms with Crippen molar-refractivity contribution in [2.45, 2.75) is 25.8 Å². The fourth-order valence-electron chi connectivity index (χ4n) is 3.19. The maximum atomic E-state index is 12.4. The van der Waals surface area contributed by atoms with Crippen LogP contribution in [-0.2, 0) is 9.59 Å². The molecule has 8 nitrogen and oxygen atoms in total. The molecule has 0 saturated heterocycles. The normalized spacial score (nSPS) is 15.7. The Morgan fingerprint density at radius 1 is 1.23 bits per heavy atom. The Hall–Kier alpha value is -3.46. The smallest absolute Gasteiger partial charge is 0.254 e. The standard InChI is InChI=1S/C21H20N4O4S/c1-2-29-12-7-8-15-17(11-12)30-21(24-15)25-18(26)10-9-16-20(28)22-14-6-4-3-5-13(14)19(27)23-16/h3-8,11,16H,2,9-10H2,1H3,(H,22,28)(H,23,27)(H,24,25,26). The van der Waals surface area contributed by atoms with E-state index in [0.29, 0.717) is 23.0 Å². The second-order valence-corrected chi connectivity index (χ2v) is 7.76. The number of hydrogen-bond acceptors (Lipinski definition) is 6. The summed E-state index contributed by atoms with van der Waals surface area (Å²) in [5, 5.41) is 8.66. The third kappa shape index (κ3) is 4.25. The molecule has 3 N–H and O–H groups in total. The zero-order valence-electron chi connectivity index (χ0n) is 16.2. The number of hydrogen-bond donors (Lipinski definition) is 3. The number of carbonyl (C=O) groups excluding carboxylic acids is 3. The number of para-hydroxylation sites is 1. The van der Waals surface area contributed by atoms with E-state index >= 15 is 0 Å². The Balaban J connectivity index is 1.37. The first kappa shape index (κ1) is 19.8. The van der Waals surface area contributed by atoms with Gasteiger partial charge in [-0.3, -0.25) is 14.4 Å². The third-order valence-corrected chi connectivity index (χ3v) is 5.56. The summed E-state index contributed by atoms with van der Waals surface area (Å²) < 4.78 is 6.39. The molecule has 0 radical (unpaired) electrons. The zero-order chi connectivity index (χ0) is 21.1. The van der Waals surface area contributed by atoms with Crippen LogP contribution < -0.4 is 20.7 Å². The lowest BCUT2D eigenvalue weighted by molar-refractivity contribution is -0.118. The summed E-state index contributed by atoms with van der Waals surface area (Å²) in [6, 6.07) is 11.6. The largest absolute Gasteiger partial charge is 0.494 e. The predicted octanol–water partition coefficient (Wildman–Crippen LogP) is 3.16. The van der Waals surface area contributed by atoms with E-state index < -0.39 is 6.04 Å². The maximum Gasteiger partial charge on any atom is 0.254 e. The number of amides is 3. The third-order valence-electron chi connectivity index (χ3n) is 4.63. The molecule has 1 aliphatic heterocycles. The van der Waals surface area contributed by atoms with E-state index in [1.165, 1.54) is 11.3 Å². The first-order chi connectivity index (χ1) is 14.5. The van der Waals surface area contributed by atoms with Gasteiger partial charge in [0.25, 0.3) is 5.91 Å². The Morgan fingerprint density at radius 3 is 2.90 bits per heavy atom. The minimum atomic E-state index is -0.792. The second-order valence-electron chi connectivity index (χ2n) is 6.73. The first-order valence-electron chi connectivity index (χ1n) is 9.57. The highest BCUT2D eigenvalue weighted by atomic mass is 32.1. The minimum Gasteiger partial charge on any atom is -0.494 e. The van der Waals surface area contributed by atoms with Crippen LogP contribution >= 0.6 is 11.3 Å². The van der Waals surface area contributed by atoms with Crippen molar-refractivity contribution in [2.24, 2.45) is 0 Å². The summed E-state index contributed by atoms with van der Waals surface area (Å²) in [4.78, 5) is 41.5. The molecule has 4 rings (SSSR count). The van der Waals surface area contributed by atoms with Crippen LogP contribution in [0, 0.1) is 0 Å². The average Bonchev–Trinajstić information content (AvgIpc) is 3.07. The van der Waals surface area contributed by atoms with Gasteiger partial charge >= 0.3 is 0 Å². The summed E-state index contributed by atoms with van der Waals surface area (Å²) in [5.41, 5.74) is 1.64. The molecule has 1 aliphatic rings. The summed E-state index contributed by atoms with van der Waals surface area (Å²) >= 11 is 1.35. The fraction of sp³-hybridized carbons (Fsp3) is 0.238. The van der Waals surface area contributed by atoms with Gasteiger partial charge in [0.2, 0.25) is 11.8 Å². The van der Waals surface area contributed by atoms with E-state index in [9.17, 15) is 14.4 Å². The number of fused-ring (bicyclic) bond motifs is 2. The van der Waals surface area contributed by atoms with Crippen LogP contribution in [-0.4, -0.2) is 35.4 Å². The van der Waals surface area contributed by atoms with Crippen molar-refractivity contribution in [3.63, 3.8) is 0 Å². The van der Waals surface area contributed by atoms with Crippen molar-refractivity contribution in [3.05, 3.63) is 48.0 Å². The van der Waals surface area contributed by atoms with Crippen LogP contribution in [0.15, 0.2) is 42.5 Å². The highest BCUT2D eigenvalue weighted by Gasteiger charge is 2.27. The van der Waals surface area contributed by atoms with Crippen molar-refractivity contribution in [3.8, 4) is 5.75 Å². The van der Waals surface area contributed by atoms with E-state index in [0.717, 1.165) is 16.0 Å². The Bertz CT molecular complexity index is 1130. The monoisotopic (exact) mass is 424 g/mol.